The minimum absolute atomic E-state index is 0.0458. The van der Waals surface area contributed by atoms with Crippen molar-refractivity contribution in [1.82, 2.24) is 0 Å². The Labute approximate surface area is 152 Å². The SMILES string of the molecule is C/C=C/C1CCc2c(ccc3c2CCC(c2cc(F)c(F)c(F)c2)C3)C1. The molecule has 0 heterocycles. The van der Waals surface area contributed by atoms with Crippen molar-refractivity contribution >= 4 is 0 Å². The molecule has 2 aliphatic carbocycles. The zero-order valence-corrected chi connectivity index (χ0v) is 15.0. The zero-order chi connectivity index (χ0) is 18.3. The van der Waals surface area contributed by atoms with Crippen molar-refractivity contribution in [2.45, 2.75) is 51.4 Å². The lowest BCUT2D eigenvalue weighted by Crippen LogP contribution is -2.20. The third-order valence-corrected chi connectivity index (χ3v) is 6.02. The van der Waals surface area contributed by atoms with Crippen LogP contribution in [0.4, 0.5) is 13.2 Å². The predicted molar refractivity (Wildman–Crippen MR) is 97.9 cm³/mol. The maximum absolute atomic E-state index is 13.6. The Bertz CT molecular complexity index is 843. The molecule has 2 unspecified atom stereocenters. The smallest absolute Gasteiger partial charge is 0.194 e. The molecule has 0 radical (unpaired) electrons. The van der Waals surface area contributed by atoms with Crippen molar-refractivity contribution in [3.63, 3.8) is 0 Å². The van der Waals surface area contributed by atoms with Crippen LogP contribution in [-0.2, 0) is 25.7 Å². The summed E-state index contributed by atoms with van der Waals surface area (Å²) in [4.78, 5) is 0. The molecule has 2 atom stereocenters. The second-order valence-electron chi connectivity index (χ2n) is 7.61. The number of fused-ring (bicyclic) bond motifs is 3. The van der Waals surface area contributed by atoms with Crippen LogP contribution in [0.1, 0.15) is 53.5 Å². The highest BCUT2D eigenvalue weighted by molar-refractivity contribution is 5.46. The van der Waals surface area contributed by atoms with Gasteiger partial charge >= 0.3 is 0 Å². The highest BCUT2D eigenvalue weighted by Gasteiger charge is 2.27. The molecule has 0 amide bonds. The molecule has 3 heteroatoms. The molecule has 0 fully saturated rings. The van der Waals surface area contributed by atoms with E-state index in [0.717, 1.165) is 44.2 Å². The highest BCUT2D eigenvalue weighted by Crippen LogP contribution is 2.39. The lowest BCUT2D eigenvalue weighted by atomic mass is 9.74. The fraction of sp³-hybridized carbons (Fsp3) is 0.391. The molecule has 2 aromatic rings. The molecule has 26 heavy (non-hydrogen) atoms. The van der Waals surface area contributed by atoms with Crippen molar-refractivity contribution < 1.29 is 13.2 Å². The quantitative estimate of drug-likeness (QED) is 0.453. The van der Waals surface area contributed by atoms with Crippen molar-refractivity contribution in [2.75, 3.05) is 0 Å². The Morgan fingerprint density at radius 1 is 0.885 bits per heavy atom. The van der Waals surface area contributed by atoms with E-state index in [2.05, 4.69) is 31.2 Å². The van der Waals surface area contributed by atoms with Crippen LogP contribution < -0.4 is 0 Å². The van der Waals surface area contributed by atoms with Crippen LogP contribution in [0.3, 0.4) is 0 Å². The van der Waals surface area contributed by atoms with E-state index in [-0.39, 0.29) is 5.92 Å². The fourth-order valence-electron chi connectivity index (χ4n) is 4.73. The molecule has 0 aromatic heterocycles. The van der Waals surface area contributed by atoms with Gasteiger partial charge in [-0.2, -0.15) is 0 Å². The molecule has 0 bridgehead atoms. The summed E-state index contributed by atoms with van der Waals surface area (Å²) in [6, 6.07) is 6.74. The Balaban J connectivity index is 1.61. The molecule has 0 N–H and O–H groups in total. The van der Waals surface area contributed by atoms with Crippen molar-refractivity contribution in [3.05, 3.63) is 81.7 Å². The van der Waals surface area contributed by atoms with Crippen molar-refractivity contribution in [3.8, 4) is 0 Å². The predicted octanol–water partition coefficient (Wildman–Crippen LogP) is 6.06. The summed E-state index contributed by atoms with van der Waals surface area (Å²) in [6.45, 7) is 2.07. The summed E-state index contributed by atoms with van der Waals surface area (Å²) in [5.74, 6) is -2.89. The summed E-state index contributed by atoms with van der Waals surface area (Å²) >= 11 is 0. The third-order valence-electron chi connectivity index (χ3n) is 6.02. The van der Waals surface area contributed by atoms with E-state index in [1.54, 1.807) is 0 Å². The van der Waals surface area contributed by atoms with Gasteiger partial charge in [0.15, 0.2) is 17.5 Å². The van der Waals surface area contributed by atoms with Gasteiger partial charge in [-0.05, 0) is 97.2 Å². The molecular weight excluding hydrogens is 333 g/mol. The van der Waals surface area contributed by atoms with Gasteiger partial charge in [-0.1, -0.05) is 24.3 Å². The number of hydrogen-bond acceptors (Lipinski definition) is 0. The molecule has 0 saturated heterocycles. The van der Waals surface area contributed by atoms with Crippen LogP contribution in [-0.4, -0.2) is 0 Å². The number of allylic oxidation sites excluding steroid dienone is 2. The van der Waals surface area contributed by atoms with Crippen LogP contribution in [0.25, 0.3) is 0 Å². The molecule has 136 valence electrons. The van der Waals surface area contributed by atoms with E-state index < -0.39 is 17.5 Å². The van der Waals surface area contributed by atoms with Crippen LogP contribution in [0.15, 0.2) is 36.4 Å². The number of rotatable bonds is 2. The van der Waals surface area contributed by atoms with Gasteiger partial charge in [0.2, 0.25) is 0 Å². The van der Waals surface area contributed by atoms with Crippen LogP contribution in [0.5, 0.6) is 0 Å². The maximum Gasteiger partial charge on any atom is 0.194 e. The standard InChI is InChI=1S/C23H23F3/c1-2-3-14-4-8-19-16(10-14)5-6-17-11-15(7-9-20(17)19)18-12-21(24)23(26)22(25)13-18/h2-3,5-6,12-15H,4,7-11H2,1H3/b3-2+. The van der Waals surface area contributed by atoms with E-state index in [0.29, 0.717) is 11.5 Å². The molecule has 0 saturated carbocycles. The first-order valence-electron chi connectivity index (χ1n) is 9.46. The molecule has 2 aromatic carbocycles. The van der Waals surface area contributed by atoms with Gasteiger partial charge in [0, 0.05) is 0 Å². The van der Waals surface area contributed by atoms with Gasteiger partial charge in [0.05, 0.1) is 0 Å². The summed E-state index contributed by atoms with van der Waals surface area (Å²) in [5, 5.41) is 0. The molecule has 0 aliphatic heterocycles. The second-order valence-corrected chi connectivity index (χ2v) is 7.61. The Morgan fingerprint density at radius 3 is 2.15 bits per heavy atom. The maximum atomic E-state index is 13.6. The molecule has 4 rings (SSSR count). The van der Waals surface area contributed by atoms with E-state index in [4.69, 9.17) is 0 Å². The van der Waals surface area contributed by atoms with Gasteiger partial charge in [-0.25, -0.2) is 13.2 Å². The highest BCUT2D eigenvalue weighted by atomic mass is 19.2. The first-order chi connectivity index (χ1) is 12.6. The largest absolute Gasteiger partial charge is 0.204 e. The monoisotopic (exact) mass is 356 g/mol. The van der Waals surface area contributed by atoms with E-state index in [1.165, 1.54) is 28.7 Å². The summed E-state index contributed by atoms with van der Waals surface area (Å²) in [5.41, 5.74) is 6.25. The van der Waals surface area contributed by atoms with Crippen molar-refractivity contribution in [1.29, 1.82) is 0 Å². The van der Waals surface area contributed by atoms with Gasteiger partial charge in [0.1, 0.15) is 0 Å². The Kier molecular flexibility index (Phi) is 4.64. The first kappa shape index (κ1) is 17.4. The van der Waals surface area contributed by atoms with Crippen LogP contribution in [0.2, 0.25) is 0 Å². The van der Waals surface area contributed by atoms with Crippen LogP contribution in [0, 0.1) is 23.4 Å². The molecule has 2 aliphatic rings. The molecule has 0 nitrogen and oxygen atoms in total. The summed E-state index contributed by atoms with van der Waals surface area (Å²) in [7, 11) is 0. The van der Waals surface area contributed by atoms with Crippen LogP contribution >= 0.6 is 0 Å². The zero-order valence-electron chi connectivity index (χ0n) is 15.0. The average Bonchev–Trinajstić information content (AvgIpc) is 2.65. The topological polar surface area (TPSA) is 0 Å². The normalized spacial score (nSPS) is 22.3. The third kappa shape index (κ3) is 3.08. The first-order valence-corrected chi connectivity index (χ1v) is 9.46. The Hall–Kier alpha value is -2.03. The lowest BCUT2D eigenvalue weighted by Gasteiger charge is -2.31. The van der Waals surface area contributed by atoms with Crippen molar-refractivity contribution in [2.24, 2.45) is 5.92 Å². The van der Waals surface area contributed by atoms with Gasteiger partial charge in [-0.15, -0.1) is 0 Å². The number of benzene rings is 2. The van der Waals surface area contributed by atoms with E-state index in [9.17, 15) is 13.2 Å². The van der Waals surface area contributed by atoms with Gasteiger partial charge in [0.25, 0.3) is 0 Å². The van der Waals surface area contributed by atoms with Gasteiger partial charge in [-0.3, -0.25) is 0 Å². The lowest BCUT2D eigenvalue weighted by molar-refractivity contribution is 0.441. The van der Waals surface area contributed by atoms with E-state index >= 15 is 0 Å². The number of hydrogen-bond donors (Lipinski definition) is 0. The van der Waals surface area contributed by atoms with Gasteiger partial charge < -0.3 is 0 Å². The molecular formula is C23H23F3. The minimum Gasteiger partial charge on any atom is -0.204 e. The summed E-state index contributed by atoms with van der Waals surface area (Å²) < 4.78 is 40.4. The Morgan fingerprint density at radius 2 is 1.50 bits per heavy atom. The summed E-state index contributed by atoms with van der Waals surface area (Å²) in [6.07, 6.45) is 10.4. The average molecular weight is 356 g/mol. The molecule has 0 spiro atoms. The van der Waals surface area contributed by atoms with E-state index in [1.807, 2.05) is 0 Å². The number of halogens is 3. The fourth-order valence-corrected chi connectivity index (χ4v) is 4.73. The minimum atomic E-state index is -1.38. The second kappa shape index (κ2) is 6.94.